The number of hydrogen-bond acceptors (Lipinski definition) is 3. The number of pyridine rings is 1. The van der Waals surface area contributed by atoms with Crippen molar-refractivity contribution in [1.29, 1.82) is 0 Å². The van der Waals surface area contributed by atoms with Crippen LogP contribution >= 0.6 is 15.9 Å². The molecule has 0 amide bonds. The maximum atomic E-state index is 5.85. The fourth-order valence-electron chi connectivity index (χ4n) is 1.93. The van der Waals surface area contributed by atoms with Crippen molar-refractivity contribution >= 4 is 15.9 Å². The first kappa shape index (κ1) is 16.0. The minimum Gasteiger partial charge on any atom is -0.438 e. The van der Waals surface area contributed by atoms with Gasteiger partial charge in [-0.05, 0) is 53.0 Å². The molecule has 0 radical (unpaired) electrons. The van der Waals surface area contributed by atoms with Gasteiger partial charge in [0.1, 0.15) is 5.75 Å². The molecule has 0 saturated heterocycles. The maximum Gasteiger partial charge on any atom is 0.219 e. The number of hydrogen-bond donors (Lipinski definition) is 1. The lowest BCUT2D eigenvalue weighted by atomic mass is 10.2. The van der Waals surface area contributed by atoms with Crippen molar-refractivity contribution < 1.29 is 4.74 Å². The molecule has 0 unspecified atom stereocenters. The number of benzene rings is 1. The zero-order valence-electron chi connectivity index (χ0n) is 12.9. The van der Waals surface area contributed by atoms with Crippen LogP contribution in [0, 0.1) is 13.8 Å². The SMILES string of the molecule is Cc1ccc(Oc2ccc(CNC(C)C)c(C)n2)c(Br)c1. The van der Waals surface area contributed by atoms with E-state index in [1.54, 1.807) is 0 Å². The van der Waals surface area contributed by atoms with Gasteiger partial charge in [-0.3, -0.25) is 0 Å². The fourth-order valence-corrected chi connectivity index (χ4v) is 2.50. The summed E-state index contributed by atoms with van der Waals surface area (Å²) >= 11 is 3.52. The number of nitrogens with zero attached hydrogens (tertiary/aromatic N) is 1. The molecular formula is C17H21BrN2O. The number of halogens is 1. The molecule has 0 spiro atoms. The summed E-state index contributed by atoms with van der Waals surface area (Å²) in [4.78, 5) is 4.53. The zero-order chi connectivity index (χ0) is 15.4. The number of aromatic nitrogens is 1. The summed E-state index contributed by atoms with van der Waals surface area (Å²) in [6, 6.07) is 10.4. The van der Waals surface area contributed by atoms with Gasteiger partial charge in [0.2, 0.25) is 5.88 Å². The standard InChI is InChI=1S/C17H21BrN2O/c1-11(2)19-10-14-6-8-17(20-13(14)4)21-16-7-5-12(3)9-15(16)18/h5-9,11,19H,10H2,1-4H3. The first-order chi connectivity index (χ1) is 9.95. The number of nitrogens with one attached hydrogen (secondary N) is 1. The molecule has 1 aromatic heterocycles. The van der Waals surface area contributed by atoms with Crippen LogP contribution < -0.4 is 10.1 Å². The summed E-state index contributed by atoms with van der Waals surface area (Å²) in [5.74, 6) is 1.39. The average Bonchev–Trinajstić information content (AvgIpc) is 2.41. The van der Waals surface area contributed by atoms with Crippen molar-refractivity contribution in [3.8, 4) is 11.6 Å². The van der Waals surface area contributed by atoms with Crippen LogP contribution in [0.25, 0.3) is 0 Å². The molecule has 1 heterocycles. The second-order valence-electron chi connectivity index (χ2n) is 5.47. The Labute approximate surface area is 134 Å². The monoisotopic (exact) mass is 348 g/mol. The Morgan fingerprint density at radius 1 is 1.19 bits per heavy atom. The van der Waals surface area contributed by atoms with Crippen LogP contribution in [0.4, 0.5) is 0 Å². The highest BCUT2D eigenvalue weighted by molar-refractivity contribution is 9.10. The van der Waals surface area contributed by atoms with Gasteiger partial charge in [-0.2, -0.15) is 0 Å². The van der Waals surface area contributed by atoms with Crippen molar-refractivity contribution in [2.24, 2.45) is 0 Å². The predicted molar refractivity (Wildman–Crippen MR) is 89.9 cm³/mol. The van der Waals surface area contributed by atoms with Crippen LogP contribution in [-0.4, -0.2) is 11.0 Å². The molecule has 0 bridgehead atoms. The Bertz CT molecular complexity index is 626. The predicted octanol–water partition coefficient (Wildman–Crippen LogP) is 4.75. The second-order valence-corrected chi connectivity index (χ2v) is 6.32. The molecule has 0 aliphatic rings. The maximum absolute atomic E-state index is 5.85. The van der Waals surface area contributed by atoms with Crippen molar-refractivity contribution in [3.05, 3.63) is 51.6 Å². The van der Waals surface area contributed by atoms with Gasteiger partial charge >= 0.3 is 0 Å². The van der Waals surface area contributed by atoms with Crippen LogP contribution in [0.3, 0.4) is 0 Å². The molecule has 1 N–H and O–H groups in total. The molecule has 0 saturated carbocycles. The molecule has 0 aliphatic carbocycles. The van der Waals surface area contributed by atoms with Gasteiger partial charge in [0.05, 0.1) is 4.47 Å². The molecule has 0 aliphatic heterocycles. The Hall–Kier alpha value is -1.39. The average molecular weight is 349 g/mol. The van der Waals surface area contributed by atoms with Crippen LogP contribution in [0.2, 0.25) is 0 Å². The quantitative estimate of drug-likeness (QED) is 0.846. The fraction of sp³-hybridized carbons (Fsp3) is 0.353. The number of rotatable bonds is 5. The molecule has 1 aromatic carbocycles. The minimum atomic E-state index is 0.462. The van der Waals surface area contributed by atoms with Gasteiger partial charge in [0.25, 0.3) is 0 Å². The van der Waals surface area contributed by atoms with E-state index in [9.17, 15) is 0 Å². The van der Waals surface area contributed by atoms with E-state index in [0.29, 0.717) is 11.9 Å². The third-order valence-electron chi connectivity index (χ3n) is 3.17. The van der Waals surface area contributed by atoms with E-state index < -0.39 is 0 Å². The van der Waals surface area contributed by atoms with E-state index >= 15 is 0 Å². The number of aryl methyl sites for hydroxylation is 2. The van der Waals surface area contributed by atoms with E-state index in [0.717, 1.165) is 22.5 Å². The first-order valence-corrected chi connectivity index (χ1v) is 7.89. The van der Waals surface area contributed by atoms with E-state index in [2.05, 4.69) is 46.1 Å². The lowest BCUT2D eigenvalue weighted by molar-refractivity contribution is 0.457. The van der Waals surface area contributed by atoms with Gasteiger partial charge in [-0.25, -0.2) is 4.98 Å². The normalized spacial score (nSPS) is 11.0. The summed E-state index contributed by atoms with van der Waals surface area (Å²) in [6.07, 6.45) is 0. The lowest BCUT2D eigenvalue weighted by Crippen LogP contribution is -2.22. The first-order valence-electron chi connectivity index (χ1n) is 7.09. The van der Waals surface area contributed by atoms with Gasteiger partial charge < -0.3 is 10.1 Å². The smallest absolute Gasteiger partial charge is 0.219 e. The van der Waals surface area contributed by atoms with E-state index in [-0.39, 0.29) is 0 Å². The molecular weight excluding hydrogens is 328 g/mol. The lowest BCUT2D eigenvalue weighted by Gasteiger charge is -2.12. The van der Waals surface area contributed by atoms with Gasteiger partial charge in [-0.15, -0.1) is 0 Å². The summed E-state index contributed by atoms with van der Waals surface area (Å²) in [7, 11) is 0. The van der Waals surface area contributed by atoms with E-state index in [1.165, 1.54) is 11.1 Å². The topological polar surface area (TPSA) is 34.1 Å². The molecule has 0 fully saturated rings. The van der Waals surface area contributed by atoms with E-state index in [4.69, 9.17) is 4.74 Å². The van der Waals surface area contributed by atoms with E-state index in [1.807, 2.05) is 38.1 Å². The number of ether oxygens (including phenoxy) is 1. The zero-order valence-corrected chi connectivity index (χ0v) is 14.5. The van der Waals surface area contributed by atoms with Crippen molar-refractivity contribution in [1.82, 2.24) is 10.3 Å². The van der Waals surface area contributed by atoms with Gasteiger partial charge in [0.15, 0.2) is 0 Å². The molecule has 21 heavy (non-hydrogen) atoms. The minimum absolute atomic E-state index is 0.462. The van der Waals surface area contributed by atoms with Crippen molar-refractivity contribution in [2.75, 3.05) is 0 Å². The van der Waals surface area contributed by atoms with Crippen molar-refractivity contribution in [3.63, 3.8) is 0 Å². The molecule has 2 aromatic rings. The summed E-state index contributed by atoms with van der Waals surface area (Å²) in [5, 5.41) is 3.40. The Morgan fingerprint density at radius 3 is 2.57 bits per heavy atom. The Balaban J connectivity index is 2.12. The molecule has 3 nitrogen and oxygen atoms in total. The highest BCUT2D eigenvalue weighted by atomic mass is 79.9. The third-order valence-corrected chi connectivity index (χ3v) is 3.79. The molecule has 2 rings (SSSR count). The van der Waals surface area contributed by atoms with Crippen LogP contribution in [-0.2, 0) is 6.54 Å². The summed E-state index contributed by atoms with van der Waals surface area (Å²) in [6.45, 7) is 9.15. The Kier molecular flexibility index (Phi) is 5.37. The summed E-state index contributed by atoms with van der Waals surface area (Å²) < 4.78 is 6.78. The van der Waals surface area contributed by atoms with Gasteiger partial charge in [0, 0.05) is 24.3 Å². The highest BCUT2D eigenvalue weighted by Crippen LogP contribution is 2.29. The van der Waals surface area contributed by atoms with Crippen LogP contribution in [0.1, 0.15) is 30.7 Å². The summed E-state index contributed by atoms with van der Waals surface area (Å²) in [5.41, 5.74) is 3.37. The van der Waals surface area contributed by atoms with Crippen LogP contribution in [0.15, 0.2) is 34.8 Å². The molecule has 0 atom stereocenters. The Morgan fingerprint density at radius 2 is 1.95 bits per heavy atom. The van der Waals surface area contributed by atoms with Crippen LogP contribution in [0.5, 0.6) is 11.6 Å². The molecule has 112 valence electrons. The van der Waals surface area contributed by atoms with Crippen molar-refractivity contribution in [2.45, 2.75) is 40.3 Å². The highest BCUT2D eigenvalue weighted by Gasteiger charge is 2.07. The molecule has 4 heteroatoms. The van der Waals surface area contributed by atoms with Gasteiger partial charge in [-0.1, -0.05) is 26.0 Å². The second kappa shape index (κ2) is 7.05. The third kappa shape index (κ3) is 4.55. The largest absolute Gasteiger partial charge is 0.438 e.